The molecule has 0 radical (unpaired) electrons. The Labute approximate surface area is 123 Å². The number of hydrogen-bond donors (Lipinski definition) is 0. The number of rotatable bonds is 4. The molecule has 1 aliphatic carbocycles. The fourth-order valence-corrected chi connectivity index (χ4v) is 3.69. The monoisotopic (exact) mass is 292 g/mol. The number of hydrogen-bond acceptors (Lipinski definition) is 3. The second-order valence-electron chi connectivity index (χ2n) is 4.07. The highest BCUT2D eigenvalue weighted by atomic mass is 32.2. The number of thiocarbonyl (C=S) groups is 1. The summed E-state index contributed by atoms with van der Waals surface area (Å²) in [5.41, 5.74) is 2.75. The van der Waals surface area contributed by atoms with Crippen LogP contribution >= 0.6 is 35.7 Å². The Hall–Kier alpha value is -0.510. The highest BCUT2D eigenvalue weighted by molar-refractivity contribution is 8.47. The van der Waals surface area contributed by atoms with Gasteiger partial charge in [0.25, 0.3) is 0 Å². The van der Waals surface area contributed by atoms with E-state index in [9.17, 15) is 0 Å². The van der Waals surface area contributed by atoms with Crippen LogP contribution in [0.5, 0.6) is 0 Å². The fraction of sp³-hybridized carbons (Fsp3) is 0.267. The van der Waals surface area contributed by atoms with Gasteiger partial charge in [-0.25, -0.2) is 0 Å². The van der Waals surface area contributed by atoms with Gasteiger partial charge in [-0.15, -0.1) is 23.5 Å². The molecule has 0 bridgehead atoms. The summed E-state index contributed by atoms with van der Waals surface area (Å²) in [6.07, 6.45) is 9.15. The molecule has 94 valence electrons. The van der Waals surface area contributed by atoms with Crippen LogP contribution in [0.4, 0.5) is 0 Å². The topological polar surface area (TPSA) is 0 Å². The van der Waals surface area contributed by atoms with E-state index in [2.05, 4.69) is 42.5 Å². The SMILES string of the molecule is S=C(SCC1=CCCC=C1)SCc1ccccc1. The first-order chi connectivity index (χ1) is 8.84. The molecule has 0 saturated carbocycles. The highest BCUT2D eigenvalue weighted by Crippen LogP contribution is 2.24. The summed E-state index contributed by atoms with van der Waals surface area (Å²) in [5, 5.41) is 0. The third kappa shape index (κ3) is 5.01. The van der Waals surface area contributed by atoms with Gasteiger partial charge in [-0.05, 0) is 24.0 Å². The van der Waals surface area contributed by atoms with E-state index in [0.29, 0.717) is 0 Å². The van der Waals surface area contributed by atoms with Crippen molar-refractivity contribution in [1.29, 1.82) is 0 Å². The van der Waals surface area contributed by atoms with Crippen LogP contribution in [-0.4, -0.2) is 9.28 Å². The van der Waals surface area contributed by atoms with Gasteiger partial charge in [0.1, 0.15) is 3.53 Å². The van der Waals surface area contributed by atoms with E-state index in [0.717, 1.165) is 15.0 Å². The summed E-state index contributed by atoms with van der Waals surface area (Å²) in [5.74, 6) is 1.98. The molecule has 2 rings (SSSR count). The van der Waals surface area contributed by atoms with Gasteiger partial charge < -0.3 is 0 Å². The Balaban J connectivity index is 1.69. The van der Waals surface area contributed by atoms with E-state index >= 15 is 0 Å². The van der Waals surface area contributed by atoms with E-state index in [1.165, 1.54) is 24.0 Å². The standard InChI is InChI=1S/C15H16S3/c16-15(17-11-13-7-3-1-4-8-13)18-12-14-9-5-2-6-10-14/h1,3-5,7-10H,2,6,11-12H2. The minimum absolute atomic E-state index is 0.974. The number of thioether (sulfide) groups is 2. The molecule has 18 heavy (non-hydrogen) atoms. The lowest BCUT2D eigenvalue weighted by Gasteiger charge is -2.07. The van der Waals surface area contributed by atoms with Crippen molar-refractivity contribution < 1.29 is 0 Å². The quantitative estimate of drug-likeness (QED) is 0.699. The molecule has 0 fully saturated rings. The summed E-state index contributed by atoms with van der Waals surface area (Å²) < 4.78 is 1.04. The predicted molar refractivity (Wildman–Crippen MR) is 89.3 cm³/mol. The third-order valence-corrected chi connectivity index (χ3v) is 5.47. The van der Waals surface area contributed by atoms with Crippen LogP contribution in [0.1, 0.15) is 18.4 Å². The van der Waals surface area contributed by atoms with Crippen LogP contribution < -0.4 is 0 Å². The molecule has 1 aliphatic rings. The second-order valence-corrected chi connectivity index (χ2v) is 7.23. The molecule has 0 heterocycles. The van der Waals surface area contributed by atoms with Crippen LogP contribution in [0, 0.1) is 0 Å². The Kier molecular flexibility index (Phi) is 6.05. The summed E-state index contributed by atoms with van der Waals surface area (Å²) in [6, 6.07) is 10.5. The maximum atomic E-state index is 5.40. The van der Waals surface area contributed by atoms with E-state index in [4.69, 9.17) is 12.2 Å². The smallest absolute Gasteiger partial charge is 0.103 e. The first-order valence-electron chi connectivity index (χ1n) is 6.03. The molecule has 0 N–H and O–H groups in total. The van der Waals surface area contributed by atoms with Crippen molar-refractivity contribution in [3.63, 3.8) is 0 Å². The second kappa shape index (κ2) is 7.82. The molecule has 0 unspecified atom stereocenters. The Morgan fingerprint density at radius 1 is 1.06 bits per heavy atom. The normalized spacial score (nSPS) is 14.3. The van der Waals surface area contributed by atoms with Gasteiger partial charge >= 0.3 is 0 Å². The maximum absolute atomic E-state index is 5.40. The molecular weight excluding hydrogens is 276 g/mol. The molecule has 0 amide bonds. The van der Waals surface area contributed by atoms with Crippen LogP contribution in [-0.2, 0) is 5.75 Å². The summed E-state index contributed by atoms with van der Waals surface area (Å²) in [6.45, 7) is 0. The van der Waals surface area contributed by atoms with Crippen molar-refractivity contribution in [3.8, 4) is 0 Å². The highest BCUT2D eigenvalue weighted by Gasteiger charge is 2.03. The van der Waals surface area contributed by atoms with Gasteiger partial charge in [0.05, 0.1) is 0 Å². The molecule has 1 aromatic rings. The van der Waals surface area contributed by atoms with Crippen molar-refractivity contribution in [2.75, 3.05) is 5.75 Å². The minimum atomic E-state index is 0.974. The molecule has 0 aromatic heterocycles. The summed E-state index contributed by atoms with van der Waals surface area (Å²) in [7, 11) is 0. The van der Waals surface area contributed by atoms with Crippen molar-refractivity contribution >= 4 is 39.3 Å². The minimum Gasteiger partial charge on any atom is -0.103 e. The molecule has 0 nitrogen and oxygen atoms in total. The van der Waals surface area contributed by atoms with Crippen LogP contribution in [0.25, 0.3) is 0 Å². The summed E-state index contributed by atoms with van der Waals surface area (Å²) in [4.78, 5) is 0. The van der Waals surface area contributed by atoms with E-state index < -0.39 is 0 Å². The van der Waals surface area contributed by atoms with Gasteiger partial charge in [0.2, 0.25) is 0 Å². The molecule has 0 spiro atoms. The average molecular weight is 292 g/mol. The molecular formula is C15H16S3. The van der Waals surface area contributed by atoms with Crippen molar-refractivity contribution in [1.82, 2.24) is 0 Å². The number of benzene rings is 1. The first-order valence-corrected chi connectivity index (χ1v) is 8.41. The van der Waals surface area contributed by atoms with Gasteiger partial charge in [-0.1, -0.05) is 60.8 Å². The van der Waals surface area contributed by atoms with Crippen LogP contribution in [0.2, 0.25) is 0 Å². The zero-order valence-electron chi connectivity index (χ0n) is 10.2. The lowest BCUT2D eigenvalue weighted by Crippen LogP contribution is -1.92. The fourth-order valence-electron chi connectivity index (χ4n) is 1.68. The molecule has 0 atom stereocenters. The van der Waals surface area contributed by atoms with Gasteiger partial charge in [0, 0.05) is 11.5 Å². The summed E-state index contributed by atoms with van der Waals surface area (Å²) >= 11 is 8.93. The molecule has 3 heteroatoms. The Morgan fingerprint density at radius 2 is 1.83 bits per heavy atom. The van der Waals surface area contributed by atoms with Gasteiger partial charge in [-0.2, -0.15) is 0 Å². The van der Waals surface area contributed by atoms with Gasteiger partial charge in [-0.3, -0.25) is 0 Å². The first kappa shape index (κ1) is 13.9. The Morgan fingerprint density at radius 3 is 2.56 bits per heavy atom. The average Bonchev–Trinajstić information content (AvgIpc) is 2.45. The zero-order valence-corrected chi connectivity index (χ0v) is 12.6. The van der Waals surface area contributed by atoms with E-state index in [1.54, 1.807) is 23.5 Å². The third-order valence-electron chi connectivity index (χ3n) is 2.63. The van der Waals surface area contributed by atoms with Crippen LogP contribution in [0.3, 0.4) is 0 Å². The molecule has 0 aliphatic heterocycles. The van der Waals surface area contributed by atoms with Gasteiger partial charge in [0.15, 0.2) is 0 Å². The van der Waals surface area contributed by atoms with E-state index in [1.807, 2.05) is 6.07 Å². The maximum Gasteiger partial charge on any atom is 0.104 e. The molecule has 0 saturated heterocycles. The number of allylic oxidation sites excluding steroid dienone is 3. The van der Waals surface area contributed by atoms with Crippen molar-refractivity contribution in [2.45, 2.75) is 18.6 Å². The van der Waals surface area contributed by atoms with Crippen molar-refractivity contribution in [2.24, 2.45) is 0 Å². The zero-order chi connectivity index (χ0) is 12.6. The lowest BCUT2D eigenvalue weighted by molar-refractivity contribution is 1.02. The van der Waals surface area contributed by atoms with Crippen LogP contribution in [0.15, 0.2) is 54.1 Å². The largest absolute Gasteiger partial charge is 0.104 e. The Bertz CT molecular complexity index is 446. The lowest BCUT2D eigenvalue weighted by atomic mass is 10.1. The molecule has 1 aromatic carbocycles. The van der Waals surface area contributed by atoms with Crippen molar-refractivity contribution in [3.05, 3.63) is 59.7 Å². The predicted octanol–water partition coefficient (Wildman–Crippen LogP) is 5.21. The van der Waals surface area contributed by atoms with E-state index in [-0.39, 0.29) is 0 Å².